The fraction of sp³-hybridized carbons (Fsp3) is 0.471. The molecule has 10 heteroatoms. The Morgan fingerprint density at radius 1 is 1.22 bits per heavy atom. The zero-order valence-corrected chi connectivity index (χ0v) is 15.6. The third kappa shape index (κ3) is 6.23. The van der Waals surface area contributed by atoms with Crippen molar-refractivity contribution in [3.63, 3.8) is 0 Å². The molecular weight excluding hydrogens is 372 g/mol. The van der Waals surface area contributed by atoms with Gasteiger partial charge >= 0.3 is 6.03 Å². The van der Waals surface area contributed by atoms with Crippen LogP contribution in [0.5, 0.6) is 0 Å². The minimum Gasteiger partial charge on any atom is -0.378 e. The summed E-state index contributed by atoms with van der Waals surface area (Å²) in [6.45, 7) is 1.36. The van der Waals surface area contributed by atoms with E-state index < -0.39 is 27.8 Å². The van der Waals surface area contributed by atoms with Crippen LogP contribution in [0, 0.1) is 11.3 Å². The molecule has 0 bridgehead atoms. The quantitative estimate of drug-likeness (QED) is 0.622. The first kappa shape index (κ1) is 20.7. The van der Waals surface area contributed by atoms with Gasteiger partial charge in [0.15, 0.2) is 9.84 Å². The number of amides is 3. The van der Waals surface area contributed by atoms with Crippen LogP contribution in [-0.2, 0) is 19.4 Å². The highest BCUT2D eigenvalue weighted by Crippen LogP contribution is 2.12. The number of nitrogens with one attached hydrogen (secondary N) is 2. The van der Waals surface area contributed by atoms with Gasteiger partial charge in [-0.05, 0) is 18.6 Å². The third-order valence-electron chi connectivity index (χ3n) is 4.03. The molecule has 1 aliphatic rings. The molecule has 1 aromatic carbocycles. The molecule has 0 saturated carbocycles. The second-order valence-corrected chi connectivity index (χ2v) is 8.01. The van der Waals surface area contributed by atoms with Crippen molar-refractivity contribution in [2.75, 3.05) is 38.6 Å². The molecule has 1 heterocycles. The molecular formula is C17H22N4O5S. The molecule has 2 N–H and O–H groups in total. The van der Waals surface area contributed by atoms with Crippen LogP contribution < -0.4 is 10.6 Å². The van der Waals surface area contributed by atoms with Crippen LogP contribution in [0.15, 0.2) is 35.2 Å². The van der Waals surface area contributed by atoms with E-state index in [1.807, 2.05) is 0 Å². The third-order valence-corrected chi connectivity index (χ3v) is 5.80. The number of rotatable bonds is 7. The number of carbonyl (C=O) groups is 2. The number of benzene rings is 1. The number of carbonyl (C=O) groups excluding carboxylic acids is 2. The van der Waals surface area contributed by atoms with Crippen molar-refractivity contribution in [2.24, 2.45) is 0 Å². The average Bonchev–Trinajstić information content (AvgIpc) is 2.70. The second-order valence-electron chi connectivity index (χ2n) is 5.90. The van der Waals surface area contributed by atoms with Crippen molar-refractivity contribution in [3.05, 3.63) is 30.3 Å². The van der Waals surface area contributed by atoms with E-state index in [1.54, 1.807) is 24.3 Å². The largest absolute Gasteiger partial charge is 0.378 e. The maximum atomic E-state index is 12.4. The molecule has 0 radical (unpaired) electrons. The Kier molecular flexibility index (Phi) is 7.57. The smallest absolute Gasteiger partial charge is 0.318 e. The Balaban J connectivity index is 2.04. The monoisotopic (exact) mass is 394 g/mol. The first-order valence-electron chi connectivity index (χ1n) is 8.49. The maximum absolute atomic E-state index is 12.4. The molecule has 1 atom stereocenters. The minimum atomic E-state index is -3.60. The summed E-state index contributed by atoms with van der Waals surface area (Å²) in [7, 11) is -3.60. The fourth-order valence-corrected chi connectivity index (χ4v) is 3.90. The number of ether oxygens (including phenoxy) is 1. The van der Waals surface area contributed by atoms with Gasteiger partial charge in [0, 0.05) is 13.1 Å². The van der Waals surface area contributed by atoms with Gasteiger partial charge in [0.2, 0.25) is 5.91 Å². The highest BCUT2D eigenvalue weighted by molar-refractivity contribution is 7.91. The Morgan fingerprint density at radius 2 is 1.89 bits per heavy atom. The van der Waals surface area contributed by atoms with Gasteiger partial charge in [0.1, 0.15) is 12.6 Å². The molecule has 3 amide bonds. The van der Waals surface area contributed by atoms with Crippen molar-refractivity contribution in [3.8, 4) is 6.07 Å². The summed E-state index contributed by atoms with van der Waals surface area (Å²) in [4.78, 5) is 26.3. The van der Waals surface area contributed by atoms with Crippen LogP contribution in [0.1, 0.15) is 6.42 Å². The molecule has 1 fully saturated rings. The van der Waals surface area contributed by atoms with Crippen molar-refractivity contribution < 1.29 is 22.7 Å². The highest BCUT2D eigenvalue weighted by atomic mass is 32.2. The highest BCUT2D eigenvalue weighted by Gasteiger charge is 2.27. The Labute approximate surface area is 158 Å². The molecule has 0 aromatic heterocycles. The first-order valence-corrected chi connectivity index (χ1v) is 10.1. The van der Waals surface area contributed by atoms with Crippen LogP contribution in [0.3, 0.4) is 0 Å². The molecule has 9 nitrogen and oxygen atoms in total. The predicted molar refractivity (Wildman–Crippen MR) is 96.4 cm³/mol. The van der Waals surface area contributed by atoms with E-state index in [9.17, 15) is 18.0 Å². The number of nitrogens with zero attached hydrogens (tertiary/aromatic N) is 2. The summed E-state index contributed by atoms with van der Waals surface area (Å²) >= 11 is 0. The summed E-state index contributed by atoms with van der Waals surface area (Å²) in [5, 5.41) is 13.5. The van der Waals surface area contributed by atoms with Gasteiger partial charge in [-0.15, -0.1) is 0 Å². The topological polar surface area (TPSA) is 129 Å². The second kappa shape index (κ2) is 9.89. The Bertz CT molecular complexity index is 785. The number of hydrogen-bond acceptors (Lipinski definition) is 6. The lowest BCUT2D eigenvalue weighted by atomic mass is 10.2. The van der Waals surface area contributed by atoms with Crippen molar-refractivity contribution in [1.29, 1.82) is 5.26 Å². The van der Waals surface area contributed by atoms with Gasteiger partial charge < -0.3 is 20.3 Å². The van der Waals surface area contributed by atoms with E-state index in [-0.39, 0.29) is 23.6 Å². The minimum absolute atomic E-state index is 0.107. The van der Waals surface area contributed by atoms with Crippen LogP contribution in [0.2, 0.25) is 0 Å². The van der Waals surface area contributed by atoms with Crippen molar-refractivity contribution in [2.45, 2.75) is 17.4 Å². The summed E-state index contributed by atoms with van der Waals surface area (Å²) < 4.78 is 30.1. The van der Waals surface area contributed by atoms with Gasteiger partial charge in [-0.25, -0.2) is 13.2 Å². The van der Waals surface area contributed by atoms with Crippen molar-refractivity contribution in [1.82, 2.24) is 15.5 Å². The van der Waals surface area contributed by atoms with Gasteiger partial charge in [-0.1, -0.05) is 18.2 Å². The zero-order chi connectivity index (χ0) is 19.7. The molecule has 27 heavy (non-hydrogen) atoms. The standard InChI is InChI=1S/C17H22N4O5S/c18-7-8-19-16(22)15(20-17(23)21-9-11-26-12-10-21)6-13-27(24,25)14-4-2-1-3-5-14/h1-5,15H,6,8-13H2,(H,19,22)(H,20,23)/t15-/m0/s1. The fourth-order valence-electron chi connectivity index (χ4n) is 2.54. The molecule has 1 aromatic rings. The average molecular weight is 394 g/mol. The van der Waals surface area contributed by atoms with Gasteiger partial charge in [-0.3, -0.25) is 4.79 Å². The maximum Gasteiger partial charge on any atom is 0.318 e. The SMILES string of the molecule is N#CCNC(=O)[C@H](CCS(=O)(=O)c1ccccc1)NC(=O)N1CCOCC1. The Hall–Kier alpha value is -2.64. The van der Waals surface area contributed by atoms with E-state index in [0.29, 0.717) is 26.3 Å². The lowest BCUT2D eigenvalue weighted by molar-refractivity contribution is -0.122. The molecule has 2 rings (SSSR count). The van der Waals surface area contributed by atoms with Gasteiger partial charge in [-0.2, -0.15) is 5.26 Å². The lowest BCUT2D eigenvalue weighted by Crippen LogP contribution is -2.54. The summed E-state index contributed by atoms with van der Waals surface area (Å²) in [5.41, 5.74) is 0. The van der Waals surface area contributed by atoms with Crippen LogP contribution in [-0.4, -0.2) is 69.9 Å². The first-order chi connectivity index (χ1) is 12.9. The van der Waals surface area contributed by atoms with Crippen molar-refractivity contribution >= 4 is 21.8 Å². The molecule has 146 valence electrons. The number of nitriles is 1. The van der Waals surface area contributed by atoms with E-state index in [1.165, 1.54) is 17.0 Å². The lowest BCUT2D eigenvalue weighted by Gasteiger charge is -2.29. The summed E-state index contributed by atoms with van der Waals surface area (Å²) in [5.74, 6) is -0.910. The molecule has 0 spiro atoms. The van der Waals surface area contributed by atoms with Crippen LogP contribution >= 0.6 is 0 Å². The molecule has 0 unspecified atom stereocenters. The van der Waals surface area contributed by atoms with Gasteiger partial charge in [0.25, 0.3) is 0 Å². The van der Waals surface area contributed by atoms with E-state index in [0.717, 1.165) is 0 Å². The molecule has 1 aliphatic heterocycles. The predicted octanol–water partition coefficient (Wildman–Crippen LogP) is -0.0994. The summed E-state index contributed by atoms with van der Waals surface area (Å²) in [6.07, 6.45) is -0.107. The number of urea groups is 1. The summed E-state index contributed by atoms with van der Waals surface area (Å²) in [6, 6.07) is 8.15. The number of sulfone groups is 1. The zero-order valence-electron chi connectivity index (χ0n) is 14.8. The molecule has 1 saturated heterocycles. The van der Waals surface area contributed by atoms with Crippen LogP contribution in [0.4, 0.5) is 4.79 Å². The normalized spacial score (nSPS) is 15.4. The number of hydrogen-bond donors (Lipinski definition) is 2. The van der Waals surface area contributed by atoms with E-state index in [4.69, 9.17) is 10.00 Å². The van der Waals surface area contributed by atoms with Gasteiger partial charge in [0.05, 0.1) is 29.9 Å². The number of morpholine rings is 1. The Morgan fingerprint density at radius 3 is 2.52 bits per heavy atom. The van der Waals surface area contributed by atoms with E-state index >= 15 is 0 Å². The van der Waals surface area contributed by atoms with E-state index in [2.05, 4.69) is 10.6 Å². The molecule has 0 aliphatic carbocycles. The van der Waals surface area contributed by atoms with Crippen LogP contribution in [0.25, 0.3) is 0 Å².